The van der Waals surface area contributed by atoms with Crippen molar-refractivity contribution in [3.63, 3.8) is 0 Å². The Labute approximate surface area is 127 Å². The van der Waals surface area contributed by atoms with E-state index in [2.05, 4.69) is 4.98 Å². The van der Waals surface area contributed by atoms with Crippen LogP contribution in [0.15, 0.2) is 36.7 Å². The monoisotopic (exact) mass is 306 g/mol. The number of hydrogen-bond donors (Lipinski definition) is 1. The van der Waals surface area contributed by atoms with E-state index in [9.17, 15) is 5.11 Å². The number of nitrogens with zero attached hydrogens (tertiary/aromatic N) is 2. The van der Waals surface area contributed by atoms with Gasteiger partial charge in [-0.2, -0.15) is 0 Å². The van der Waals surface area contributed by atoms with Crippen molar-refractivity contribution < 1.29 is 14.6 Å². The van der Waals surface area contributed by atoms with Gasteiger partial charge in [0.2, 0.25) is 0 Å². The van der Waals surface area contributed by atoms with Crippen LogP contribution in [0.2, 0.25) is 5.02 Å². The summed E-state index contributed by atoms with van der Waals surface area (Å²) in [6, 6.07) is 7.62. The molecule has 0 unspecified atom stereocenters. The lowest BCUT2D eigenvalue weighted by Gasteiger charge is -2.20. The first kappa shape index (κ1) is 13.3. The second kappa shape index (κ2) is 5.10. The lowest BCUT2D eigenvalue weighted by molar-refractivity contribution is 0.0172. The van der Waals surface area contributed by atoms with E-state index in [-0.39, 0.29) is 18.2 Å². The normalized spacial score (nSPS) is 31.5. The highest BCUT2D eigenvalue weighted by Gasteiger charge is 2.48. The maximum atomic E-state index is 9.85. The Kier molecular flexibility index (Phi) is 3.23. The molecule has 0 saturated carbocycles. The number of aliphatic hydroxyl groups is 1. The largest absolute Gasteiger partial charge is 0.388 e. The quantitative estimate of drug-likeness (QED) is 0.921. The number of imidazole rings is 1. The van der Waals surface area contributed by atoms with Crippen LogP contribution >= 0.6 is 11.6 Å². The highest BCUT2D eigenvalue weighted by Crippen LogP contribution is 2.37. The average Bonchev–Trinajstić information content (AvgIpc) is 3.17. The second-order valence-corrected chi connectivity index (χ2v) is 5.78. The standard InChI is InChI=1S/C15H15ClN2O3/c16-10-4-2-1-3-9(10)15-17-5-6-18(15)11-7-20-14-12(19)8-21-13(11)14/h1-6,11-14,19H,7-8H2/t11-,12-,13-,14-/m1/s1. The van der Waals surface area contributed by atoms with Crippen molar-refractivity contribution in [2.75, 3.05) is 13.2 Å². The minimum absolute atomic E-state index is 0.000854. The first-order chi connectivity index (χ1) is 10.3. The number of fused-ring (bicyclic) bond motifs is 1. The number of rotatable bonds is 2. The molecule has 1 aromatic carbocycles. The molecule has 0 radical (unpaired) electrons. The number of aliphatic hydroxyl groups excluding tert-OH is 1. The maximum absolute atomic E-state index is 9.85. The number of aromatic nitrogens is 2. The zero-order valence-corrected chi connectivity index (χ0v) is 12.0. The van der Waals surface area contributed by atoms with Gasteiger partial charge in [0.25, 0.3) is 0 Å². The van der Waals surface area contributed by atoms with Gasteiger partial charge in [0.05, 0.1) is 24.3 Å². The molecule has 1 aromatic heterocycles. The van der Waals surface area contributed by atoms with Gasteiger partial charge in [-0.15, -0.1) is 0 Å². The molecule has 6 heteroatoms. The second-order valence-electron chi connectivity index (χ2n) is 5.37. The summed E-state index contributed by atoms with van der Waals surface area (Å²) in [4.78, 5) is 4.43. The zero-order valence-electron chi connectivity index (χ0n) is 11.2. The number of benzene rings is 1. The fourth-order valence-corrected chi connectivity index (χ4v) is 3.35. The topological polar surface area (TPSA) is 56.5 Å². The van der Waals surface area contributed by atoms with Gasteiger partial charge in [-0.1, -0.05) is 23.7 Å². The third kappa shape index (κ3) is 2.08. The van der Waals surface area contributed by atoms with Gasteiger partial charge >= 0.3 is 0 Å². The van der Waals surface area contributed by atoms with Gasteiger partial charge in [0.15, 0.2) is 0 Å². The lowest BCUT2D eigenvalue weighted by atomic mass is 10.1. The molecule has 1 N–H and O–H groups in total. The van der Waals surface area contributed by atoms with Gasteiger partial charge in [0, 0.05) is 18.0 Å². The van der Waals surface area contributed by atoms with Crippen LogP contribution in [0.4, 0.5) is 0 Å². The molecule has 2 fully saturated rings. The van der Waals surface area contributed by atoms with Crippen molar-refractivity contribution in [1.29, 1.82) is 0 Å². The van der Waals surface area contributed by atoms with Crippen LogP contribution in [0, 0.1) is 0 Å². The van der Waals surface area contributed by atoms with E-state index in [4.69, 9.17) is 21.1 Å². The summed E-state index contributed by atoms with van der Waals surface area (Å²) in [6.07, 6.45) is 2.71. The summed E-state index contributed by atoms with van der Waals surface area (Å²) in [7, 11) is 0. The van der Waals surface area contributed by atoms with Crippen molar-refractivity contribution >= 4 is 11.6 Å². The van der Waals surface area contributed by atoms with Crippen LogP contribution in [0.5, 0.6) is 0 Å². The fourth-order valence-electron chi connectivity index (χ4n) is 3.13. The van der Waals surface area contributed by atoms with E-state index >= 15 is 0 Å². The Morgan fingerprint density at radius 1 is 1.19 bits per heavy atom. The van der Waals surface area contributed by atoms with E-state index in [1.54, 1.807) is 6.20 Å². The molecule has 21 heavy (non-hydrogen) atoms. The van der Waals surface area contributed by atoms with Gasteiger partial charge in [-0.05, 0) is 12.1 Å². The Morgan fingerprint density at radius 3 is 2.86 bits per heavy atom. The average molecular weight is 307 g/mol. The highest BCUT2D eigenvalue weighted by atomic mass is 35.5. The summed E-state index contributed by atoms with van der Waals surface area (Å²) < 4.78 is 13.4. The molecule has 5 nitrogen and oxygen atoms in total. The molecule has 0 amide bonds. The van der Waals surface area contributed by atoms with Crippen molar-refractivity contribution in [2.45, 2.75) is 24.4 Å². The molecule has 2 aromatic rings. The third-order valence-electron chi connectivity index (χ3n) is 4.14. The number of ether oxygens (including phenoxy) is 2. The Balaban J connectivity index is 1.72. The van der Waals surface area contributed by atoms with Crippen LogP contribution < -0.4 is 0 Å². The van der Waals surface area contributed by atoms with Crippen LogP contribution in [0.3, 0.4) is 0 Å². The number of halogens is 1. The molecule has 4 atom stereocenters. The lowest BCUT2D eigenvalue weighted by Crippen LogP contribution is -2.30. The summed E-state index contributed by atoms with van der Waals surface area (Å²) in [5.41, 5.74) is 0.881. The third-order valence-corrected chi connectivity index (χ3v) is 4.47. The summed E-state index contributed by atoms with van der Waals surface area (Å²) in [5, 5.41) is 10.5. The van der Waals surface area contributed by atoms with E-state index in [1.807, 2.05) is 35.0 Å². The summed E-state index contributed by atoms with van der Waals surface area (Å²) in [5.74, 6) is 0.792. The van der Waals surface area contributed by atoms with E-state index in [1.165, 1.54) is 0 Å². The molecule has 4 rings (SSSR count). The van der Waals surface area contributed by atoms with E-state index < -0.39 is 6.10 Å². The Morgan fingerprint density at radius 2 is 2.00 bits per heavy atom. The molecule has 0 spiro atoms. The molecule has 3 heterocycles. The van der Waals surface area contributed by atoms with Gasteiger partial charge in [0.1, 0.15) is 24.1 Å². The minimum atomic E-state index is -0.549. The predicted octanol–water partition coefficient (Wildman–Crippen LogP) is 1.90. The fraction of sp³-hybridized carbons (Fsp3) is 0.400. The molecule has 2 saturated heterocycles. The number of hydrogen-bond acceptors (Lipinski definition) is 4. The smallest absolute Gasteiger partial charge is 0.141 e. The SMILES string of the molecule is O[C@@H]1CO[C@H]2[C@@H]1OC[C@H]2n1ccnc1-c1ccccc1Cl. The van der Waals surface area contributed by atoms with Gasteiger partial charge in [-0.25, -0.2) is 4.98 Å². The first-order valence-electron chi connectivity index (χ1n) is 6.94. The Hall–Kier alpha value is -1.40. The zero-order chi connectivity index (χ0) is 14.4. The summed E-state index contributed by atoms with van der Waals surface area (Å²) >= 11 is 6.27. The van der Waals surface area contributed by atoms with Crippen LogP contribution in [0.25, 0.3) is 11.4 Å². The molecule has 110 valence electrons. The van der Waals surface area contributed by atoms with Crippen LogP contribution in [-0.4, -0.2) is 46.2 Å². The highest BCUT2D eigenvalue weighted by molar-refractivity contribution is 6.33. The molecular formula is C15H15ClN2O3. The molecule has 0 aliphatic carbocycles. The van der Waals surface area contributed by atoms with Crippen molar-refractivity contribution in [2.24, 2.45) is 0 Å². The first-order valence-corrected chi connectivity index (χ1v) is 7.32. The van der Waals surface area contributed by atoms with E-state index in [0.717, 1.165) is 11.4 Å². The summed E-state index contributed by atoms with van der Waals surface area (Å²) in [6.45, 7) is 0.822. The van der Waals surface area contributed by atoms with Crippen LogP contribution in [0.1, 0.15) is 6.04 Å². The van der Waals surface area contributed by atoms with Crippen molar-refractivity contribution in [3.8, 4) is 11.4 Å². The van der Waals surface area contributed by atoms with Crippen molar-refractivity contribution in [3.05, 3.63) is 41.7 Å². The van der Waals surface area contributed by atoms with Gasteiger partial charge in [-0.3, -0.25) is 0 Å². The maximum Gasteiger partial charge on any atom is 0.141 e. The van der Waals surface area contributed by atoms with Crippen LogP contribution in [-0.2, 0) is 9.47 Å². The predicted molar refractivity (Wildman–Crippen MR) is 77.2 cm³/mol. The van der Waals surface area contributed by atoms with E-state index in [0.29, 0.717) is 18.2 Å². The molecule has 2 aliphatic rings. The minimum Gasteiger partial charge on any atom is -0.388 e. The molecule has 2 aliphatic heterocycles. The van der Waals surface area contributed by atoms with Gasteiger partial charge < -0.3 is 19.1 Å². The molecular weight excluding hydrogens is 292 g/mol. The van der Waals surface area contributed by atoms with Crippen molar-refractivity contribution in [1.82, 2.24) is 9.55 Å². The molecule has 0 bridgehead atoms. The Bertz CT molecular complexity index is 660.